The second-order valence-electron chi connectivity index (χ2n) is 10.1. The van der Waals surface area contributed by atoms with Crippen molar-refractivity contribution in [2.45, 2.75) is 42.8 Å². The summed E-state index contributed by atoms with van der Waals surface area (Å²) in [5, 5.41) is 4.21. The first-order valence-electron chi connectivity index (χ1n) is 12.3. The van der Waals surface area contributed by atoms with Crippen molar-refractivity contribution in [2.24, 2.45) is 12.0 Å². The van der Waals surface area contributed by atoms with Gasteiger partial charge in [-0.15, -0.1) is 0 Å². The molecular formula is C25H28N8O4S. The minimum atomic E-state index is -3.80. The topological polar surface area (TPSA) is 148 Å². The van der Waals surface area contributed by atoms with Crippen LogP contribution in [0.3, 0.4) is 0 Å². The number of fused-ring (bicyclic) bond motifs is 3. The number of nitrogens with zero attached hydrogens (tertiary/aromatic N) is 6. The van der Waals surface area contributed by atoms with E-state index >= 15 is 0 Å². The fourth-order valence-corrected chi connectivity index (χ4v) is 6.19. The first kappa shape index (κ1) is 24.4. The number of hydrogen-bond acceptors (Lipinski definition) is 9. The Bertz CT molecular complexity index is 1560. The average molecular weight is 537 g/mol. The Morgan fingerprint density at radius 1 is 1.24 bits per heavy atom. The molecule has 1 saturated carbocycles. The van der Waals surface area contributed by atoms with Crippen LogP contribution in [0.2, 0.25) is 0 Å². The van der Waals surface area contributed by atoms with Gasteiger partial charge < -0.3 is 15.4 Å². The summed E-state index contributed by atoms with van der Waals surface area (Å²) < 4.78 is 36.6. The summed E-state index contributed by atoms with van der Waals surface area (Å²) >= 11 is 0. The number of aliphatic imine (C=N–C) groups is 1. The third-order valence-electron chi connectivity index (χ3n) is 6.93. The number of anilines is 2. The van der Waals surface area contributed by atoms with E-state index in [0.717, 1.165) is 18.4 Å². The van der Waals surface area contributed by atoms with Gasteiger partial charge in [-0.05, 0) is 44.0 Å². The fourth-order valence-electron chi connectivity index (χ4n) is 4.70. The Morgan fingerprint density at radius 2 is 2.05 bits per heavy atom. The van der Waals surface area contributed by atoms with Crippen LogP contribution in [0.4, 0.5) is 11.5 Å². The number of ether oxygens (including phenoxy) is 1. The van der Waals surface area contributed by atoms with Gasteiger partial charge in [-0.25, -0.2) is 18.1 Å². The Kier molecular flexibility index (Phi) is 5.65. The number of amides is 1. The third kappa shape index (κ3) is 4.47. The minimum absolute atomic E-state index is 0.0513. The molecule has 1 aromatic carbocycles. The highest BCUT2D eigenvalue weighted by Crippen LogP contribution is 2.38. The Morgan fingerprint density at radius 3 is 2.76 bits per heavy atom. The summed E-state index contributed by atoms with van der Waals surface area (Å²) in [7, 11) is -1.99. The van der Waals surface area contributed by atoms with Crippen molar-refractivity contribution in [1.82, 2.24) is 24.4 Å². The maximum Gasteiger partial charge on any atom is 0.263 e. The molecule has 0 radical (unpaired) electrons. The number of nitrogen functional groups attached to an aromatic ring is 1. The van der Waals surface area contributed by atoms with E-state index in [2.05, 4.69) is 14.8 Å². The molecule has 2 aromatic heterocycles. The molecule has 6 rings (SSSR count). The maximum atomic E-state index is 13.8. The molecule has 1 amide bonds. The molecular weight excluding hydrogens is 508 g/mol. The zero-order chi connectivity index (χ0) is 26.7. The molecule has 38 heavy (non-hydrogen) atoms. The molecule has 12 nitrogen and oxygen atoms in total. The van der Waals surface area contributed by atoms with Gasteiger partial charge in [0.05, 0.1) is 41.5 Å². The number of benzene rings is 1. The van der Waals surface area contributed by atoms with Crippen molar-refractivity contribution in [3.8, 4) is 5.88 Å². The summed E-state index contributed by atoms with van der Waals surface area (Å²) in [5.41, 5.74) is 7.04. The highest BCUT2D eigenvalue weighted by atomic mass is 32.2. The first-order chi connectivity index (χ1) is 18.1. The van der Waals surface area contributed by atoms with Gasteiger partial charge in [0, 0.05) is 30.4 Å². The number of nitrogens with one attached hydrogen (secondary N) is 1. The van der Waals surface area contributed by atoms with Gasteiger partial charge in [0.2, 0.25) is 21.9 Å². The molecule has 2 aliphatic heterocycles. The Balaban J connectivity index is 1.35. The molecule has 0 spiro atoms. The highest BCUT2D eigenvalue weighted by Gasteiger charge is 2.44. The van der Waals surface area contributed by atoms with Gasteiger partial charge >= 0.3 is 0 Å². The van der Waals surface area contributed by atoms with Crippen LogP contribution in [-0.4, -0.2) is 64.7 Å². The van der Waals surface area contributed by atoms with Crippen molar-refractivity contribution in [3.63, 3.8) is 0 Å². The van der Waals surface area contributed by atoms with Gasteiger partial charge in [0.25, 0.3) is 5.91 Å². The van der Waals surface area contributed by atoms with E-state index in [-0.39, 0.29) is 35.6 Å². The number of rotatable bonds is 8. The number of guanidine groups is 1. The number of carbonyl (C=O) groups is 1. The Hall–Kier alpha value is -3.97. The molecule has 1 atom stereocenters. The standard InChI is InChI=1S/C25H28N8O4S/c1-25(8-9-25)30-38(35,36)18-6-7-20-19(10-18)23(34)32(14-16-11-28-31(2)13-16)24-27-12-17(33(20)24)15-37-22-5-3-4-21(26)29-22/h3-7,10-11,13,17,30H,8-9,12,14-15H2,1-2H3,(H2,26,29)/t17-/m0/s1. The zero-order valence-corrected chi connectivity index (χ0v) is 21.9. The molecule has 1 fully saturated rings. The van der Waals surface area contributed by atoms with Crippen LogP contribution >= 0.6 is 0 Å². The molecule has 0 saturated heterocycles. The van der Waals surface area contributed by atoms with Crippen molar-refractivity contribution < 1.29 is 17.9 Å². The molecule has 1 aliphatic carbocycles. The number of aryl methyl sites for hydroxylation is 1. The number of pyridine rings is 1. The molecule has 13 heteroatoms. The van der Waals surface area contributed by atoms with Crippen LogP contribution in [0.15, 0.2) is 58.7 Å². The van der Waals surface area contributed by atoms with E-state index in [1.807, 2.05) is 18.0 Å². The van der Waals surface area contributed by atoms with Crippen LogP contribution in [0.25, 0.3) is 0 Å². The highest BCUT2D eigenvalue weighted by molar-refractivity contribution is 7.89. The van der Waals surface area contributed by atoms with Crippen molar-refractivity contribution in [3.05, 3.63) is 59.9 Å². The molecule has 198 valence electrons. The van der Waals surface area contributed by atoms with Gasteiger partial charge in [0.1, 0.15) is 12.4 Å². The normalized spacial score (nSPS) is 19.7. The van der Waals surface area contributed by atoms with Gasteiger partial charge in [0.15, 0.2) is 0 Å². The van der Waals surface area contributed by atoms with Crippen molar-refractivity contribution >= 4 is 33.4 Å². The minimum Gasteiger partial charge on any atom is -0.475 e. The predicted molar refractivity (Wildman–Crippen MR) is 140 cm³/mol. The molecule has 0 unspecified atom stereocenters. The van der Waals surface area contributed by atoms with E-state index in [1.54, 1.807) is 47.1 Å². The summed E-state index contributed by atoms with van der Waals surface area (Å²) in [5.74, 6) is 0.900. The monoisotopic (exact) mass is 536 g/mol. The quantitative estimate of drug-likeness (QED) is 0.440. The van der Waals surface area contributed by atoms with E-state index < -0.39 is 15.6 Å². The summed E-state index contributed by atoms with van der Waals surface area (Å²) in [4.78, 5) is 26.2. The number of hydrogen-bond donors (Lipinski definition) is 2. The van der Waals surface area contributed by atoms with Crippen LogP contribution in [0.5, 0.6) is 5.88 Å². The maximum absolute atomic E-state index is 13.8. The van der Waals surface area contributed by atoms with Gasteiger partial charge in [-0.3, -0.25) is 14.4 Å². The van der Waals surface area contributed by atoms with Crippen LogP contribution in [0, 0.1) is 0 Å². The predicted octanol–water partition coefficient (Wildman–Crippen LogP) is 1.51. The van der Waals surface area contributed by atoms with Gasteiger partial charge in [-0.2, -0.15) is 10.1 Å². The number of sulfonamides is 1. The largest absolute Gasteiger partial charge is 0.475 e. The van der Waals surface area contributed by atoms with Crippen LogP contribution in [-0.2, 0) is 23.6 Å². The third-order valence-corrected chi connectivity index (χ3v) is 8.56. The number of carbonyl (C=O) groups excluding carboxylic acids is 1. The molecule has 4 heterocycles. The van der Waals surface area contributed by atoms with Crippen LogP contribution in [0.1, 0.15) is 35.7 Å². The lowest BCUT2D eigenvalue weighted by molar-refractivity contribution is 0.0832. The second-order valence-corrected chi connectivity index (χ2v) is 11.8. The first-order valence-corrected chi connectivity index (χ1v) is 13.8. The van der Waals surface area contributed by atoms with E-state index in [0.29, 0.717) is 29.9 Å². The van der Waals surface area contributed by atoms with Crippen LogP contribution < -0.4 is 20.1 Å². The molecule has 0 bridgehead atoms. The molecule has 3 aromatic rings. The van der Waals surface area contributed by atoms with E-state index in [4.69, 9.17) is 15.5 Å². The van der Waals surface area contributed by atoms with E-state index in [1.165, 1.54) is 12.1 Å². The second kappa shape index (κ2) is 8.81. The fraction of sp³-hybridized carbons (Fsp3) is 0.360. The van der Waals surface area contributed by atoms with E-state index in [9.17, 15) is 13.2 Å². The molecule has 3 aliphatic rings. The van der Waals surface area contributed by atoms with Gasteiger partial charge in [-0.1, -0.05) is 6.07 Å². The van der Waals surface area contributed by atoms with Crippen molar-refractivity contribution in [2.75, 3.05) is 23.8 Å². The Labute approximate surface area is 220 Å². The number of nitrogens with two attached hydrogens (primary N) is 1. The zero-order valence-electron chi connectivity index (χ0n) is 21.0. The summed E-state index contributed by atoms with van der Waals surface area (Å²) in [6, 6.07) is 9.57. The lowest BCUT2D eigenvalue weighted by atomic mass is 10.1. The lowest BCUT2D eigenvalue weighted by Gasteiger charge is -2.38. The SMILES string of the molecule is Cn1cc(CN2C(=O)c3cc(S(=O)(=O)NC4(C)CC4)ccc3N3C2=NC[C@H]3COc2cccc(N)n2)cn1. The smallest absolute Gasteiger partial charge is 0.263 e. The average Bonchev–Trinajstić information content (AvgIpc) is 3.24. The lowest BCUT2D eigenvalue weighted by Crippen LogP contribution is -2.53. The summed E-state index contributed by atoms with van der Waals surface area (Å²) in [6.07, 6.45) is 5.09. The summed E-state index contributed by atoms with van der Waals surface area (Å²) in [6.45, 7) is 2.72. The number of aromatic nitrogens is 3. The van der Waals surface area contributed by atoms with Crippen molar-refractivity contribution in [1.29, 1.82) is 0 Å². The molecule has 3 N–H and O–H groups in total.